The summed E-state index contributed by atoms with van der Waals surface area (Å²) in [4.78, 5) is 9.00. The Morgan fingerprint density at radius 2 is 1.50 bits per heavy atom. The van der Waals surface area contributed by atoms with Gasteiger partial charge in [-0.3, -0.25) is 9.36 Å². The highest BCUT2D eigenvalue weighted by Gasteiger charge is 2.19. The molecule has 5 nitrogen and oxygen atoms in total. The summed E-state index contributed by atoms with van der Waals surface area (Å²) in [7, 11) is -2.70. The number of carbonyl (C=O) groups is 1. The lowest BCUT2D eigenvalue weighted by Crippen LogP contribution is -1.97. The molecule has 0 radical (unpaired) electrons. The van der Waals surface area contributed by atoms with Crippen molar-refractivity contribution >= 4 is 13.6 Å². The molecule has 0 saturated carbocycles. The van der Waals surface area contributed by atoms with Gasteiger partial charge in [0.15, 0.2) is 0 Å². The smallest absolute Gasteiger partial charge is 0.330 e. The van der Waals surface area contributed by atoms with Crippen LogP contribution in [0.25, 0.3) is 0 Å². The molecule has 0 unspecified atom stereocenters. The molecule has 0 rings (SSSR count). The van der Waals surface area contributed by atoms with Gasteiger partial charge in [-0.1, -0.05) is 6.92 Å². The van der Waals surface area contributed by atoms with E-state index in [2.05, 4.69) is 0 Å². The lowest BCUT2D eigenvalue weighted by atomic mass is 10.9. The molecule has 0 atom stereocenters. The molecular formula is C8H19O5P. The minimum Gasteiger partial charge on any atom is -0.481 e. The van der Waals surface area contributed by atoms with E-state index in [1.54, 1.807) is 20.8 Å². The van der Waals surface area contributed by atoms with Gasteiger partial charge in [-0.2, -0.15) is 0 Å². The van der Waals surface area contributed by atoms with Gasteiger partial charge in [0.2, 0.25) is 0 Å². The van der Waals surface area contributed by atoms with E-state index in [4.69, 9.17) is 18.9 Å². The zero-order chi connectivity index (χ0) is 11.6. The van der Waals surface area contributed by atoms with Gasteiger partial charge >= 0.3 is 7.60 Å². The molecule has 0 aromatic carbocycles. The van der Waals surface area contributed by atoms with Crippen LogP contribution in [0.3, 0.4) is 0 Å². The molecular weight excluding hydrogens is 207 g/mol. The first-order chi connectivity index (χ1) is 6.41. The third-order valence-corrected chi connectivity index (χ3v) is 3.12. The SMILES string of the molecule is CC(=O)O.CCOP(=O)(CC)OCC. The summed E-state index contributed by atoms with van der Waals surface area (Å²) in [6, 6.07) is 0. The van der Waals surface area contributed by atoms with Gasteiger partial charge in [0.1, 0.15) is 0 Å². The van der Waals surface area contributed by atoms with Crippen LogP contribution in [0.5, 0.6) is 0 Å². The van der Waals surface area contributed by atoms with Crippen molar-refractivity contribution in [3.8, 4) is 0 Å². The molecule has 0 spiro atoms. The van der Waals surface area contributed by atoms with Crippen LogP contribution in [-0.4, -0.2) is 30.5 Å². The molecule has 0 fully saturated rings. The Morgan fingerprint density at radius 3 is 1.64 bits per heavy atom. The zero-order valence-electron chi connectivity index (χ0n) is 9.15. The maximum absolute atomic E-state index is 11.3. The largest absolute Gasteiger partial charge is 0.481 e. The van der Waals surface area contributed by atoms with E-state index in [1.807, 2.05) is 0 Å². The molecule has 0 aromatic rings. The van der Waals surface area contributed by atoms with Crippen LogP contribution < -0.4 is 0 Å². The van der Waals surface area contributed by atoms with E-state index in [1.165, 1.54) is 0 Å². The van der Waals surface area contributed by atoms with Crippen LogP contribution in [0, 0.1) is 0 Å². The third-order valence-electron chi connectivity index (χ3n) is 1.04. The number of rotatable bonds is 5. The average molecular weight is 226 g/mol. The number of carboxylic acid groups (broad SMARTS) is 1. The molecule has 0 amide bonds. The van der Waals surface area contributed by atoms with Crippen LogP contribution in [-0.2, 0) is 18.4 Å². The van der Waals surface area contributed by atoms with E-state index in [-0.39, 0.29) is 0 Å². The van der Waals surface area contributed by atoms with Crippen LogP contribution in [0.15, 0.2) is 0 Å². The lowest BCUT2D eigenvalue weighted by Gasteiger charge is -2.13. The highest BCUT2D eigenvalue weighted by atomic mass is 31.2. The fourth-order valence-corrected chi connectivity index (χ4v) is 1.84. The fourth-order valence-electron chi connectivity index (χ4n) is 0.613. The number of hydrogen-bond donors (Lipinski definition) is 1. The molecule has 0 aliphatic heterocycles. The number of carboxylic acids is 1. The molecule has 0 aliphatic carbocycles. The number of aliphatic carboxylic acids is 1. The second kappa shape index (κ2) is 9.19. The summed E-state index contributed by atoms with van der Waals surface area (Å²) in [5, 5.41) is 7.42. The van der Waals surface area contributed by atoms with E-state index < -0.39 is 13.6 Å². The van der Waals surface area contributed by atoms with Crippen LogP contribution in [0.4, 0.5) is 0 Å². The van der Waals surface area contributed by atoms with Crippen molar-refractivity contribution in [3.63, 3.8) is 0 Å². The van der Waals surface area contributed by atoms with Crippen molar-refractivity contribution in [2.75, 3.05) is 19.4 Å². The first-order valence-corrected chi connectivity index (χ1v) is 6.22. The first kappa shape index (κ1) is 16.1. The Kier molecular flexibility index (Phi) is 10.5. The summed E-state index contributed by atoms with van der Waals surface area (Å²) in [6.07, 6.45) is 0.453. The predicted molar refractivity (Wildman–Crippen MR) is 54.7 cm³/mol. The summed E-state index contributed by atoms with van der Waals surface area (Å²) >= 11 is 0. The average Bonchev–Trinajstić information content (AvgIpc) is 2.04. The normalized spacial score (nSPS) is 10.3. The van der Waals surface area contributed by atoms with Crippen molar-refractivity contribution in [1.82, 2.24) is 0 Å². The molecule has 0 saturated heterocycles. The molecule has 1 N–H and O–H groups in total. The van der Waals surface area contributed by atoms with Crippen molar-refractivity contribution in [1.29, 1.82) is 0 Å². The standard InChI is InChI=1S/C6H15O3P.C2H4O2/c1-4-8-10(7,6-3)9-5-2;1-2(3)4/h4-6H2,1-3H3;1H3,(H,3,4). The highest BCUT2D eigenvalue weighted by Crippen LogP contribution is 2.47. The molecule has 6 heteroatoms. The topological polar surface area (TPSA) is 72.8 Å². The van der Waals surface area contributed by atoms with Gasteiger partial charge in [0, 0.05) is 13.1 Å². The Hall–Kier alpha value is -0.380. The maximum atomic E-state index is 11.3. The van der Waals surface area contributed by atoms with Crippen LogP contribution in [0.1, 0.15) is 27.7 Å². The Labute approximate surface area is 84.9 Å². The maximum Gasteiger partial charge on any atom is 0.330 e. The van der Waals surface area contributed by atoms with Crippen LogP contribution in [0.2, 0.25) is 0 Å². The fraction of sp³-hybridized carbons (Fsp3) is 0.875. The molecule has 0 aromatic heterocycles. The van der Waals surface area contributed by atoms with Gasteiger partial charge in [0.05, 0.1) is 13.2 Å². The molecule has 0 bridgehead atoms. The minimum atomic E-state index is -2.70. The van der Waals surface area contributed by atoms with Gasteiger partial charge in [-0.25, -0.2) is 0 Å². The summed E-state index contributed by atoms with van der Waals surface area (Å²) in [5.41, 5.74) is 0. The molecule has 86 valence electrons. The van der Waals surface area contributed by atoms with Gasteiger partial charge in [-0.15, -0.1) is 0 Å². The van der Waals surface area contributed by atoms with E-state index in [0.29, 0.717) is 19.4 Å². The van der Waals surface area contributed by atoms with Crippen molar-refractivity contribution in [3.05, 3.63) is 0 Å². The van der Waals surface area contributed by atoms with Gasteiger partial charge in [-0.05, 0) is 13.8 Å². The van der Waals surface area contributed by atoms with Crippen molar-refractivity contribution in [2.24, 2.45) is 0 Å². The highest BCUT2D eigenvalue weighted by molar-refractivity contribution is 7.53. The van der Waals surface area contributed by atoms with E-state index in [0.717, 1.165) is 6.92 Å². The summed E-state index contributed by atoms with van der Waals surface area (Å²) < 4.78 is 21.2. The Bertz CT molecular complexity index is 178. The Morgan fingerprint density at radius 1 is 1.21 bits per heavy atom. The second-order valence-electron chi connectivity index (χ2n) is 2.28. The monoisotopic (exact) mass is 226 g/mol. The molecule has 0 aliphatic rings. The minimum absolute atomic E-state index is 0.450. The zero-order valence-corrected chi connectivity index (χ0v) is 10.0. The Balaban J connectivity index is 0. The van der Waals surface area contributed by atoms with Crippen molar-refractivity contribution in [2.45, 2.75) is 27.7 Å². The van der Waals surface area contributed by atoms with E-state index >= 15 is 0 Å². The summed E-state index contributed by atoms with van der Waals surface area (Å²) in [6.45, 7) is 7.39. The first-order valence-electron chi connectivity index (χ1n) is 4.49. The molecule has 0 heterocycles. The summed E-state index contributed by atoms with van der Waals surface area (Å²) in [5.74, 6) is -0.833. The lowest BCUT2D eigenvalue weighted by molar-refractivity contribution is -0.134. The quantitative estimate of drug-likeness (QED) is 0.728. The number of hydrogen-bond acceptors (Lipinski definition) is 4. The second-order valence-corrected chi connectivity index (χ2v) is 4.65. The predicted octanol–water partition coefficient (Wildman–Crippen LogP) is 2.36. The third kappa shape index (κ3) is 11.6. The van der Waals surface area contributed by atoms with E-state index in [9.17, 15) is 4.57 Å². The molecule has 14 heavy (non-hydrogen) atoms. The van der Waals surface area contributed by atoms with Gasteiger partial charge < -0.3 is 14.2 Å². The van der Waals surface area contributed by atoms with Crippen LogP contribution >= 0.6 is 7.60 Å². The van der Waals surface area contributed by atoms with Gasteiger partial charge in [0.25, 0.3) is 5.97 Å². The van der Waals surface area contributed by atoms with Crippen molar-refractivity contribution < 1.29 is 23.5 Å².